The van der Waals surface area contributed by atoms with E-state index in [2.05, 4.69) is 228 Å². The van der Waals surface area contributed by atoms with Gasteiger partial charge >= 0.3 is 0 Å². The predicted octanol–water partition coefficient (Wildman–Crippen LogP) is 15.6. The maximum Gasteiger partial charge on any atom is 0.0547 e. The lowest BCUT2D eigenvalue weighted by Gasteiger charge is -2.28. The first-order valence-corrected chi connectivity index (χ1v) is 20.2. The standard InChI is InChI=1S/C54H36N2S/c1-4-15-38(16-5-1)44-21-10-12-24-49(44)55(42-30-27-37(28-31-42)40-29-34-53-47(35-40)46-22-11-13-26-52(46)57-53)43-32-33-50-48(36-43)54-45(39-17-6-2-7-18-39)23-14-25-51(54)56(50)41-19-8-3-9-20-41/h1-36H. The molecule has 0 saturated heterocycles. The summed E-state index contributed by atoms with van der Waals surface area (Å²) in [6, 6.07) is 79.4. The highest BCUT2D eigenvalue weighted by molar-refractivity contribution is 7.25. The number of anilines is 3. The van der Waals surface area contributed by atoms with Crippen LogP contribution >= 0.6 is 11.3 Å². The van der Waals surface area contributed by atoms with E-state index in [-0.39, 0.29) is 0 Å². The maximum atomic E-state index is 2.43. The summed E-state index contributed by atoms with van der Waals surface area (Å²) < 4.78 is 5.05. The third-order valence-electron chi connectivity index (χ3n) is 11.2. The van der Waals surface area contributed by atoms with Crippen LogP contribution < -0.4 is 4.90 Å². The summed E-state index contributed by atoms with van der Waals surface area (Å²) in [4.78, 5) is 2.43. The topological polar surface area (TPSA) is 8.17 Å². The second kappa shape index (κ2) is 13.8. The quantitative estimate of drug-likeness (QED) is 0.158. The van der Waals surface area contributed by atoms with E-state index in [1.54, 1.807) is 0 Å². The van der Waals surface area contributed by atoms with E-state index >= 15 is 0 Å². The van der Waals surface area contributed by atoms with Crippen molar-refractivity contribution in [1.29, 1.82) is 0 Å². The molecule has 0 aliphatic carbocycles. The molecule has 57 heavy (non-hydrogen) atoms. The molecule has 0 fully saturated rings. The minimum Gasteiger partial charge on any atom is -0.310 e. The fourth-order valence-electron chi connectivity index (χ4n) is 8.58. The van der Waals surface area contributed by atoms with E-state index in [4.69, 9.17) is 0 Å². The van der Waals surface area contributed by atoms with E-state index in [0.717, 1.165) is 22.7 Å². The Morgan fingerprint density at radius 2 is 0.965 bits per heavy atom. The van der Waals surface area contributed by atoms with Crippen molar-refractivity contribution in [3.05, 3.63) is 218 Å². The molecule has 2 nitrogen and oxygen atoms in total. The van der Waals surface area contributed by atoms with Crippen LogP contribution in [-0.4, -0.2) is 4.57 Å². The van der Waals surface area contributed by atoms with Gasteiger partial charge in [0.1, 0.15) is 0 Å². The zero-order chi connectivity index (χ0) is 37.7. The number of hydrogen-bond acceptors (Lipinski definition) is 2. The summed E-state index contributed by atoms with van der Waals surface area (Å²) in [6.07, 6.45) is 0. The maximum absolute atomic E-state index is 2.43. The average molecular weight is 745 g/mol. The van der Waals surface area contributed by atoms with Crippen molar-refractivity contribution >= 4 is 70.4 Å². The summed E-state index contributed by atoms with van der Waals surface area (Å²) in [7, 11) is 0. The minimum atomic E-state index is 1.10. The molecule has 0 radical (unpaired) electrons. The molecule has 0 spiro atoms. The van der Waals surface area contributed by atoms with Gasteiger partial charge in [-0.3, -0.25) is 0 Å². The Labute approximate surface area is 335 Å². The molecule has 3 heteroatoms. The van der Waals surface area contributed by atoms with E-state index in [1.165, 1.54) is 75.4 Å². The van der Waals surface area contributed by atoms with Crippen molar-refractivity contribution in [1.82, 2.24) is 4.57 Å². The SMILES string of the molecule is c1ccc(-c2ccccc2N(c2ccc(-c3ccc4sc5ccccc5c4c3)cc2)c2ccc3c(c2)c2c(-c4ccccc4)cccc2n3-c2ccccc2)cc1. The second-order valence-electron chi connectivity index (χ2n) is 14.5. The van der Waals surface area contributed by atoms with Gasteiger partial charge in [-0.1, -0.05) is 146 Å². The van der Waals surface area contributed by atoms with Gasteiger partial charge in [0.15, 0.2) is 0 Å². The second-order valence-corrected chi connectivity index (χ2v) is 15.6. The summed E-state index contributed by atoms with van der Waals surface area (Å²) in [6.45, 7) is 0. The summed E-state index contributed by atoms with van der Waals surface area (Å²) >= 11 is 1.86. The number of aromatic nitrogens is 1. The van der Waals surface area contributed by atoms with Crippen molar-refractivity contribution in [2.24, 2.45) is 0 Å². The molecule has 2 heterocycles. The third-order valence-corrected chi connectivity index (χ3v) is 12.3. The number of fused-ring (bicyclic) bond motifs is 6. The van der Waals surface area contributed by atoms with Gasteiger partial charge in [-0.05, 0) is 101 Å². The first kappa shape index (κ1) is 33.2. The highest BCUT2D eigenvalue weighted by atomic mass is 32.1. The smallest absolute Gasteiger partial charge is 0.0547 e. The molecule has 2 aromatic heterocycles. The van der Waals surface area contributed by atoms with Crippen molar-refractivity contribution in [3.63, 3.8) is 0 Å². The van der Waals surface area contributed by atoms with Gasteiger partial charge in [0.25, 0.3) is 0 Å². The molecular formula is C54H36N2S. The first-order chi connectivity index (χ1) is 28.3. The molecule has 11 rings (SSSR count). The first-order valence-electron chi connectivity index (χ1n) is 19.4. The zero-order valence-corrected chi connectivity index (χ0v) is 31.9. The Hall–Kier alpha value is -7.20. The Balaban J connectivity index is 1.13. The number of para-hydroxylation sites is 2. The molecular weight excluding hydrogens is 709 g/mol. The Morgan fingerprint density at radius 1 is 0.351 bits per heavy atom. The van der Waals surface area contributed by atoms with Crippen molar-refractivity contribution < 1.29 is 0 Å². The van der Waals surface area contributed by atoms with Gasteiger partial charge < -0.3 is 9.47 Å². The third kappa shape index (κ3) is 5.71. The fraction of sp³-hybridized carbons (Fsp3) is 0. The van der Waals surface area contributed by atoms with E-state index < -0.39 is 0 Å². The van der Waals surface area contributed by atoms with Crippen LogP contribution in [0.25, 0.3) is 81.0 Å². The van der Waals surface area contributed by atoms with Crippen LogP contribution in [0.2, 0.25) is 0 Å². The summed E-state index contributed by atoms with van der Waals surface area (Å²) in [5.74, 6) is 0. The molecule has 0 unspecified atom stereocenters. The van der Waals surface area contributed by atoms with Crippen LogP contribution in [0.3, 0.4) is 0 Å². The number of benzene rings is 9. The fourth-order valence-corrected chi connectivity index (χ4v) is 9.66. The molecule has 0 N–H and O–H groups in total. The lowest BCUT2D eigenvalue weighted by molar-refractivity contribution is 1.18. The highest BCUT2D eigenvalue weighted by Gasteiger charge is 2.21. The van der Waals surface area contributed by atoms with E-state index in [0.29, 0.717) is 0 Å². The lowest BCUT2D eigenvalue weighted by Crippen LogP contribution is -2.11. The molecule has 0 bridgehead atoms. The van der Waals surface area contributed by atoms with Crippen LogP contribution in [0, 0.1) is 0 Å². The molecule has 0 aliphatic rings. The van der Waals surface area contributed by atoms with Crippen LogP contribution in [0.5, 0.6) is 0 Å². The highest BCUT2D eigenvalue weighted by Crippen LogP contribution is 2.45. The van der Waals surface area contributed by atoms with E-state index in [1.807, 2.05) is 11.3 Å². The largest absolute Gasteiger partial charge is 0.310 e. The number of hydrogen-bond donors (Lipinski definition) is 0. The minimum absolute atomic E-state index is 1.10. The van der Waals surface area contributed by atoms with Crippen LogP contribution in [-0.2, 0) is 0 Å². The van der Waals surface area contributed by atoms with Crippen molar-refractivity contribution in [2.45, 2.75) is 0 Å². The Morgan fingerprint density at radius 3 is 1.75 bits per heavy atom. The molecule has 268 valence electrons. The summed E-state index contributed by atoms with van der Waals surface area (Å²) in [5, 5.41) is 5.08. The average Bonchev–Trinajstić information content (AvgIpc) is 3.83. The van der Waals surface area contributed by atoms with Gasteiger partial charge in [-0.15, -0.1) is 11.3 Å². The van der Waals surface area contributed by atoms with Crippen molar-refractivity contribution in [2.75, 3.05) is 4.90 Å². The monoisotopic (exact) mass is 744 g/mol. The molecule has 0 aliphatic heterocycles. The van der Waals surface area contributed by atoms with Crippen LogP contribution in [0.1, 0.15) is 0 Å². The number of thiophene rings is 1. The summed E-state index contributed by atoms with van der Waals surface area (Å²) in [5.41, 5.74) is 14.0. The van der Waals surface area contributed by atoms with Crippen molar-refractivity contribution in [3.8, 4) is 39.1 Å². The van der Waals surface area contributed by atoms with Gasteiger partial charge in [0.05, 0.1) is 16.7 Å². The predicted molar refractivity (Wildman–Crippen MR) is 245 cm³/mol. The van der Waals surface area contributed by atoms with Crippen LogP contribution in [0.15, 0.2) is 218 Å². The molecule has 0 atom stereocenters. The number of nitrogens with zero attached hydrogens (tertiary/aromatic N) is 2. The Bertz CT molecular complexity index is 3220. The number of rotatable bonds is 7. The molecule has 11 aromatic rings. The van der Waals surface area contributed by atoms with E-state index in [9.17, 15) is 0 Å². The zero-order valence-electron chi connectivity index (χ0n) is 31.1. The molecule has 0 amide bonds. The van der Waals surface area contributed by atoms with Gasteiger partial charge in [-0.25, -0.2) is 0 Å². The molecule has 9 aromatic carbocycles. The Kier molecular flexibility index (Phi) is 8.04. The van der Waals surface area contributed by atoms with Gasteiger partial charge in [0.2, 0.25) is 0 Å². The van der Waals surface area contributed by atoms with Gasteiger partial charge in [-0.2, -0.15) is 0 Å². The lowest BCUT2D eigenvalue weighted by atomic mass is 9.98. The normalized spacial score (nSPS) is 11.5. The van der Waals surface area contributed by atoms with Gasteiger partial charge in [0, 0.05) is 53.6 Å². The molecule has 0 saturated carbocycles. The van der Waals surface area contributed by atoms with Crippen LogP contribution in [0.4, 0.5) is 17.1 Å².